The van der Waals surface area contributed by atoms with Gasteiger partial charge in [0.05, 0.1) is 5.56 Å². The Morgan fingerprint density at radius 2 is 1.60 bits per heavy atom. The number of esters is 1. The van der Waals surface area contributed by atoms with Crippen LogP contribution in [0.2, 0.25) is 5.02 Å². The van der Waals surface area contributed by atoms with E-state index >= 15 is 0 Å². The molecule has 1 amide bonds. The van der Waals surface area contributed by atoms with Crippen molar-refractivity contribution in [2.75, 3.05) is 5.32 Å². The van der Waals surface area contributed by atoms with Crippen LogP contribution < -0.4 is 10.1 Å². The van der Waals surface area contributed by atoms with E-state index in [0.29, 0.717) is 27.6 Å². The monoisotopic (exact) mass is 416 g/mol. The van der Waals surface area contributed by atoms with Crippen LogP contribution in [0.3, 0.4) is 0 Å². The van der Waals surface area contributed by atoms with E-state index in [1.54, 1.807) is 60.7 Å². The van der Waals surface area contributed by atoms with E-state index in [9.17, 15) is 14.9 Å². The van der Waals surface area contributed by atoms with Gasteiger partial charge in [-0.1, -0.05) is 41.4 Å². The van der Waals surface area contributed by atoms with Gasteiger partial charge >= 0.3 is 5.97 Å². The van der Waals surface area contributed by atoms with Gasteiger partial charge in [-0.15, -0.1) is 0 Å². The fraction of sp³-hybridized carbons (Fsp3) is 0.0417. The number of halogens is 1. The minimum absolute atomic E-state index is 0.0403. The third-order valence-electron chi connectivity index (χ3n) is 4.16. The minimum atomic E-state index is -0.509. The van der Waals surface area contributed by atoms with Gasteiger partial charge in [0.2, 0.25) is 0 Å². The van der Waals surface area contributed by atoms with Crippen molar-refractivity contribution < 1.29 is 14.3 Å². The summed E-state index contributed by atoms with van der Waals surface area (Å²) in [6, 6.07) is 22.0. The standard InChI is InChI=1S/C24H17ClN2O3/c1-16-2-10-21(11-3-16)27-23(28)19(15-26)14-17-4-12-22(13-5-17)30-24(29)18-6-8-20(25)9-7-18/h2-14H,1H3,(H,27,28)/b19-14-. The molecule has 0 aliphatic carbocycles. The molecule has 0 saturated heterocycles. The molecule has 0 bridgehead atoms. The lowest BCUT2D eigenvalue weighted by atomic mass is 10.1. The molecule has 0 fully saturated rings. The van der Waals surface area contributed by atoms with E-state index < -0.39 is 11.9 Å². The van der Waals surface area contributed by atoms with Crippen LogP contribution in [0.5, 0.6) is 5.75 Å². The number of nitrogens with zero attached hydrogens (tertiary/aromatic N) is 1. The summed E-state index contributed by atoms with van der Waals surface area (Å²) in [7, 11) is 0. The molecule has 3 aromatic carbocycles. The third-order valence-corrected chi connectivity index (χ3v) is 4.41. The maximum absolute atomic E-state index is 12.3. The van der Waals surface area contributed by atoms with Gasteiger partial charge < -0.3 is 10.1 Å². The van der Waals surface area contributed by atoms with Gasteiger partial charge in [0, 0.05) is 10.7 Å². The van der Waals surface area contributed by atoms with Crippen LogP contribution in [-0.4, -0.2) is 11.9 Å². The van der Waals surface area contributed by atoms with Gasteiger partial charge in [-0.05, 0) is 67.1 Å². The zero-order valence-corrected chi connectivity index (χ0v) is 16.8. The second kappa shape index (κ2) is 9.55. The topological polar surface area (TPSA) is 79.2 Å². The molecule has 0 aliphatic rings. The molecule has 6 heteroatoms. The molecule has 3 rings (SSSR count). The van der Waals surface area contributed by atoms with Crippen molar-refractivity contribution in [2.45, 2.75) is 6.92 Å². The Bertz CT molecular complexity index is 1130. The number of amides is 1. The predicted octanol–water partition coefficient (Wildman–Crippen LogP) is 5.41. The summed E-state index contributed by atoms with van der Waals surface area (Å²) in [6.07, 6.45) is 1.47. The molecule has 0 radical (unpaired) electrons. The van der Waals surface area contributed by atoms with Crippen molar-refractivity contribution in [2.24, 2.45) is 0 Å². The van der Waals surface area contributed by atoms with Crippen molar-refractivity contribution in [1.82, 2.24) is 0 Å². The lowest BCUT2D eigenvalue weighted by Crippen LogP contribution is -2.13. The summed E-state index contributed by atoms with van der Waals surface area (Å²) in [5.74, 6) is -0.667. The number of aryl methyl sites for hydroxylation is 1. The summed E-state index contributed by atoms with van der Waals surface area (Å²) in [5.41, 5.74) is 2.64. The molecule has 0 atom stereocenters. The van der Waals surface area contributed by atoms with Crippen molar-refractivity contribution in [3.05, 3.63) is 100 Å². The summed E-state index contributed by atoms with van der Waals surface area (Å²) in [6.45, 7) is 1.95. The van der Waals surface area contributed by atoms with Crippen LogP contribution >= 0.6 is 11.6 Å². The number of ether oxygens (including phenoxy) is 1. The Morgan fingerprint density at radius 3 is 2.20 bits per heavy atom. The number of carbonyl (C=O) groups is 2. The quantitative estimate of drug-likeness (QED) is 0.261. The Morgan fingerprint density at radius 1 is 0.967 bits per heavy atom. The number of benzene rings is 3. The predicted molar refractivity (Wildman–Crippen MR) is 116 cm³/mol. The average Bonchev–Trinajstić information content (AvgIpc) is 2.75. The zero-order chi connectivity index (χ0) is 21.5. The van der Waals surface area contributed by atoms with E-state index in [0.717, 1.165) is 5.56 Å². The first-order valence-corrected chi connectivity index (χ1v) is 9.40. The van der Waals surface area contributed by atoms with Gasteiger partial charge in [0.15, 0.2) is 0 Å². The van der Waals surface area contributed by atoms with Crippen LogP contribution in [0, 0.1) is 18.3 Å². The Kier molecular flexibility index (Phi) is 6.63. The number of nitrogens with one attached hydrogen (secondary N) is 1. The van der Waals surface area contributed by atoms with Crippen LogP contribution in [-0.2, 0) is 4.79 Å². The lowest BCUT2D eigenvalue weighted by molar-refractivity contribution is -0.112. The molecule has 30 heavy (non-hydrogen) atoms. The number of rotatable bonds is 5. The first-order valence-electron chi connectivity index (χ1n) is 9.02. The molecule has 148 valence electrons. The van der Waals surface area contributed by atoms with Gasteiger partial charge in [0.25, 0.3) is 5.91 Å². The van der Waals surface area contributed by atoms with Gasteiger partial charge in [0.1, 0.15) is 17.4 Å². The van der Waals surface area contributed by atoms with E-state index in [2.05, 4.69) is 5.32 Å². The second-order valence-electron chi connectivity index (χ2n) is 6.46. The highest BCUT2D eigenvalue weighted by molar-refractivity contribution is 6.30. The number of hydrogen-bond donors (Lipinski definition) is 1. The van der Waals surface area contributed by atoms with Crippen LogP contribution in [0.4, 0.5) is 5.69 Å². The minimum Gasteiger partial charge on any atom is -0.423 e. The highest BCUT2D eigenvalue weighted by Gasteiger charge is 2.11. The highest BCUT2D eigenvalue weighted by Crippen LogP contribution is 2.18. The average molecular weight is 417 g/mol. The van der Waals surface area contributed by atoms with E-state index in [1.165, 1.54) is 6.08 Å². The van der Waals surface area contributed by atoms with Crippen molar-refractivity contribution in [3.8, 4) is 11.8 Å². The summed E-state index contributed by atoms with van der Waals surface area (Å²) >= 11 is 5.81. The van der Waals surface area contributed by atoms with Crippen molar-refractivity contribution in [1.29, 1.82) is 5.26 Å². The Balaban J connectivity index is 1.67. The molecule has 0 unspecified atom stereocenters. The summed E-state index contributed by atoms with van der Waals surface area (Å²) in [5, 5.41) is 12.6. The number of nitriles is 1. The fourth-order valence-electron chi connectivity index (χ4n) is 2.53. The number of hydrogen-bond acceptors (Lipinski definition) is 4. The molecular weight excluding hydrogens is 400 g/mol. The molecule has 0 spiro atoms. The van der Waals surface area contributed by atoms with Crippen molar-refractivity contribution in [3.63, 3.8) is 0 Å². The highest BCUT2D eigenvalue weighted by atomic mass is 35.5. The smallest absolute Gasteiger partial charge is 0.343 e. The van der Waals surface area contributed by atoms with Crippen molar-refractivity contribution >= 4 is 35.2 Å². The maximum atomic E-state index is 12.3. The SMILES string of the molecule is Cc1ccc(NC(=O)/C(C#N)=C\c2ccc(OC(=O)c3ccc(Cl)cc3)cc2)cc1. The fourth-order valence-corrected chi connectivity index (χ4v) is 2.66. The van der Waals surface area contributed by atoms with Gasteiger partial charge in [-0.3, -0.25) is 4.79 Å². The molecule has 1 N–H and O–H groups in total. The number of anilines is 1. The first kappa shape index (κ1) is 20.8. The van der Waals surface area contributed by atoms with Gasteiger partial charge in [-0.25, -0.2) is 4.79 Å². The summed E-state index contributed by atoms with van der Waals surface area (Å²) in [4.78, 5) is 24.5. The van der Waals surface area contributed by atoms with E-state index in [-0.39, 0.29) is 5.57 Å². The molecule has 0 saturated carbocycles. The summed E-state index contributed by atoms with van der Waals surface area (Å²) < 4.78 is 5.32. The second-order valence-corrected chi connectivity index (χ2v) is 6.89. The molecule has 3 aromatic rings. The van der Waals surface area contributed by atoms with Crippen LogP contribution in [0.15, 0.2) is 78.4 Å². The Hall–Kier alpha value is -3.88. The first-order chi connectivity index (χ1) is 14.4. The van der Waals surface area contributed by atoms with Gasteiger partial charge in [-0.2, -0.15) is 5.26 Å². The Labute approximate surface area is 179 Å². The third kappa shape index (κ3) is 5.57. The van der Waals surface area contributed by atoms with Crippen LogP contribution in [0.1, 0.15) is 21.5 Å². The lowest BCUT2D eigenvalue weighted by Gasteiger charge is -2.06. The molecule has 0 heterocycles. The molecular formula is C24H17ClN2O3. The number of carbonyl (C=O) groups excluding carboxylic acids is 2. The maximum Gasteiger partial charge on any atom is 0.343 e. The van der Waals surface area contributed by atoms with E-state index in [4.69, 9.17) is 16.3 Å². The normalized spacial score (nSPS) is 10.8. The molecule has 5 nitrogen and oxygen atoms in total. The molecule has 0 aliphatic heterocycles. The van der Waals surface area contributed by atoms with E-state index in [1.807, 2.05) is 25.1 Å². The molecule has 0 aromatic heterocycles. The largest absolute Gasteiger partial charge is 0.423 e. The van der Waals surface area contributed by atoms with Crippen LogP contribution in [0.25, 0.3) is 6.08 Å². The zero-order valence-electron chi connectivity index (χ0n) is 16.1.